The second kappa shape index (κ2) is 4.94. The number of benzene rings is 1. The van der Waals surface area contributed by atoms with E-state index in [1.807, 2.05) is 0 Å². The third-order valence-corrected chi connectivity index (χ3v) is 3.45. The largest absolute Gasteiger partial charge is 0.351 e. The summed E-state index contributed by atoms with van der Waals surface area (Å²) in [4.78, 5) is 8.47. The Morgan fingerprint density at radius 3 is 2.74 bits per heavy atom. The number of nitrogens with zero attached hydrogens (tertiary/aromatic N) is 2. The Morgan fingerprint density at radius 2 is 2.00 bits per heavy atom. The van der Waals surface area contributed by atoms with Crippen LogP contribution in [0.5, 0.6) is 0 Å². The van der Waals surface area contributed by atoms with E-state index >= 15 is 0 Å². The summed E-state index contributed by atoms with van der Waals surface area (Å²) >= 11 is 11.8. The molecule has 19 heavy (non-hydrogen) atoms. The topological polar surface area (TPSA) is 37.8 Å². The number of halogens is 3. The molecule has 1 aromatic carbocycles. The van der Waals surface area contributed by atoms with Crippen LogP contribution >= 0.6 is 23.2 Å². The highest BCUT2D eigenvalue weighted by Gasteiger charge is 2.22. The molecule has 0 atom stereocenters. The van der Waals surface area contributed by atoms with E-state index < -0.39 is 5.82 Å². The number of aromatic nitrogens is 2. The molecule has 2 aromatic rings. The van der Waals surface area contributed by atoms with Gasteiger partial charge in [0.1, 0.15) is 5.82 Å². The highest BCUT2D eigenvalue weighted by atomic mass is 35.5. The van der Waals surface area contributed by atoms with Gasteiger partial charge in [-0.05, 0) is 31.0 Å². The lowest BCUT2D eigenvalue weighted by Crippen LogP contribution is -2.05. The zero-order valence-electron chi connectivity index (χ0n) is 9.83. The van der Waals surface area contributed by atoms with E-state index in [1.165, 1.54) is 12.1 Å². The van der Waals surface area contributed by atoms with Crippen LogP contribution in [0.3, 0.4) is 0 Å². The van der Waals surface area contributed by atoms with Gasteiger partial charge in [-0.15, -0.1) is 0 Å². The first-order valence-electron chi connectivity index (χ1n) is 5.88. The Kier molecular flexibility index (Phi) is 3.29. The number of rotatable bonds is 3. The zero-order valence-corrected chi connectivity index (χ0v) is 11.3. The molecule has 1 saturated carbocycles. The molecule has 0 bridgehead atoms. The second-order valence-electron chi connectivity index (χ2n) is 4.43. The Bertz CT molecular complexity index is 629. The molecular formula is C13H10Cl2FN3. The van der Waals surface area contributed by atoms with E-state index in [4.69, 9.17) is 23.2 Å². The second-order valence-corrected chi connectivity index (χ2v) is 5.24. The molecule has 1 heterocycles. The van der Waals surface area contributed by atoms with Crippen molar-refractivity contribution in [2.24, 2.45) is 0 Å². The summed E-state index contributed by atoms with van der Waals surface area (Å²) in [5.74, 6) is 0.0165. The normalized spacial score (nSPS) is 14.5. The number of anilines is 1. The molecule has 1 N–H and O–H groups in total. The molecule has 98 valence electrons. The Morgan fingerprint density at radius 1 is 1.21 bits per heavy atom. The first-order valence-corrected chi connectivity index (χ1v) is 6.63. The lowest BCUT2D eigenvalue weighted by atomic mass is 10.1. The molecule has 0 amide bonds. The predicted molar refractivity (Wildman–Crippen MR) is 74.1 cm³/mol. The van der Waals surface area contributed by atoms with Crippen LogP contribution in [0.15, 0.2) is 24.4 Å². The molecule has 0 aliphatic heterocycles. The van der Waals surface area contributed by atoms with Gasteiger partial charge in [-0.2, -0.15) is 0 Å². The van der Waals surface area contributed by atoms with E-state index in [9.17, 15) is 4.39 Å². The van der Waals surface area contributed by atoms with Gasteiger partial charge in [0, 0.05) is 17.8 Å². The van der Waals surface area contributed by atoms with Gasteiger partial charge in [-0.25, -0.2) is 14.4 Å². The van der Waals surface area contributed by atoms with Gasteiger partial charge in [0.2, 0.25) is 5.95 Å². The number of hydrogen-bond donors (Lipinski definition) is 1. The first kappa shape index (κ1) is 12.6. The van der Waals surface area contributed by atoms with Crippen LogP contribution in [-0.4, -0.2) is 16.0 Å². The van der Waals surface area contributed by atoms with Gasteiger partial charge in [0.25, 0.3) is 0 Å². The standard InChI is InChI=1S/C13H10Cl2FN3/c14-9-6-10(15)11(16)5-8(9)12-3-4-17-13(19-12)18-7-1-2-7/h3-7H,1-2H2,(H,17,18,19). The monoisotopic (exact) mass is 297 g/mol. The van der Waals surface area contributed by atoms with Crippen molar-refractivity contribution in [3.63, 3.8) is 0 Å². The van der Waals surface area contributed by atoms with Crippen LogP contribution in [0.1, 0.15) is 12.8 Å². The van der Waals surface area contributed by atoms with E-state index in [0.717, 1.165) is 12.8 Å². The van der Waals surface area contributed by atoms with E-state index in [1.54, 1.807) is 12.3 Å². The van der Waals surface area contributed by atoms with Crippen LogP contribution in [0.4, 0.5) is 10.3 Å². The van der Waals surface area contributed by atoms with E-state index in [-0.39, 0.29) is 5.02 Å². The first-order chi connectivity index (χ1) is 9.13. The molecule has 1 aliphatic carbocycles. The molecular weight excluding hydrogens is 288 g/mol. The maximum absolute atomic E-state index is 13.5. The highest BCUT2D eigenvalue weighted by molar-refractivity contribution is 6.36. The summed E-state index contributed by atoms with van der Waals surface area (Å²) in [6.07, 6.45) is 3.88. The molecule has 0 unspecified atom stereocenters. The number of hydrogen-bond acceptors (Lipinski definition) is 3. The van der Waals surface area contributed by atoms with Gasteiger partial charge >= 0.3 is 0 Å². The van der Waals surface area contributed by atoms with E-state index in [0.29, 0.717) is 28.3 Å². The van der Waals surface area contributed by atoms with Crippen LogP contribution < -0.4 is 5.32 Å². The van der Waals surface area contributed by atoms with Crippen molar-refractivity contribution < 1.29 is 4.39 Å². The average Bonchev–Trinajstić information content (AvgIpc) is 3.18. The molecule has 3 nitrogen and oxygen atoms in total. The third-order valence-electron chi connectivity index (χ3n) is 2.85. The van der Waals surface area contributed by atoms with Gasteiger partial charge in [-0.3, -0.25) is 0 Å². The smallest absolute Gasteiger partial charge is 0.223 e. The Labute approximate surface area is 119 Å². The lowest BCUT2D eigenvalue weighted by molar-refractivity contribution is 0.628. The van der Waals surface area contributed by atoms with Crippen molar-refractivity contribution in [3.8, 4) is 11.3 Å². The minimum atomic E-state index is -0.517. The SMILES string of the molecule is Fc1cc(-c2ccnc(NC3CC3)n2)c(Cl)cc1Cl. The number of nitrogens with one attached hydrogen (secondary N) is 1. The van der Waals surface area contributed by atoms with Gasteiger partial charge in [0.05, 0.1) is 15.7 Å². The van der Waals surface area contributed by atoms with Crippen LogP contribution in [0.25, 0.3) is 11.3 Å². The predicted octanol–water partition coefficient (Wildman–Crippen LogP) is 4.16. The fourth-order valence-electron chi connectivity index (χ4n) is 1.71. The van der Waals surface area contributed by atoms with Crippen molar-refractivity contribution in [3.05, 3.63) is 40.3 Å². The maximum atomic E-state index is 13.5. The minimum Gasteiger partial charge on any atom is -0.351 e. The summed E-state index contributed by atoms with van der Waals surface area (Å²) in [6.45, 7) is 0. The van der Waals surface area contributed by atoms with Crippen LogP contribution in [0.2, 0.25) is 10.0 Å². The third kappa shape index (κ3) is 2.80. The van der Waals surface area contributed by atoms with Crippen LogP contribution in [0, 0.1) is 5.82 Å². The molecule has 1 aliphatic rings. The maximum Gasteiger partial charge on any atom is 0.223 e. The summed E-state index contributed by atoms with van der Waals surface area (Å²) in [5.41, 5.74) is 1.07. The van der Waals surface area contributed by atoms with Gasteiger partial charge < -0.3 is 5.32 Å². The average molecular weight is 298 g/mol. The summed E-state index contributed by atoms with van der Waals surface area (Å²) in [5, 5.41) is 3.55. The molecule has 3 rings (SSSR count). The summed E-state index contributed by atoms with van der Waals surface area (Å²) in [6, 6.07) is 4.80. The van der Waals surface area contributed by atoms with Crippen molar-refractivity contribution in [1.82, 2.24) is 9.97 Å². The fourth-order valence-corrected chi connectivity index (χ4v) is 2.19. The molecule has 6 heteroatoms. The quantitative estimate of drug-likeness (QED) is 0.864. The molecule has 0 spiro atoms. The molecule has 0 radical (unpaired) electrons. The Hall–Kier alpha value is -1.39. The van der Waals surface area contributed by atoms with Crippen molar-refractivity contribution in [2.75, 3.05) is 5.32 Å². The van der Waals surface area contributed by atoms with Gasteiger partial charge in [0.15, 0.2) is 0 Å². The van der Waals surface area contributed by atoms with E-state index in [2.05, 4.69) is 15.3 Å². The van der Waals surface area contributed by atoms with Gasteiger partial charge in [-0.1, -0.05) is 23.2 Å². The Balaban J connectivity index is 1.98. The molecule has 0 saturated heterocycles. The minimum absolute atomic E-state index is 0.000801. The summed E-state index contributed by atoms with van der Waals surface area (Å²) in [7, 11) is 0. The van der Waals surface area contributed by atoms with Crippen molar-refractivity contribution >= 4 is 29.2 Å². The highest BCUT2D eigenvalue weighted by Crippen LogP contribution is 2.32. The lowest BCUT2D eigenvalue weighted by Gasteiger charge is -2.07. The fraction of sp³-hybridized carbons (Fsp3) is 0.231. The van der Waals surface area contributed by atoms with Crippen LogP contribution in [-0.2, 0) is 0 Å². The molecule has 1 fully saturated rings. The zero-order chi connectivity index (χ0) is 13.4. The summed E-state index contributed by atoms with van der Waals surface area (Å²) < 4.78 is 13.5. The van der Waals surface area contributed by atoms with Crippen molar-refractivity contribution in [1.29, 1.82) is 0 Å². The van der Waals surface area contributed by atoms with Crippen molar-refractivity contribution in [2.45, 2.75) is 18.9 Å². The molecule has 1 aromatic heterocycles.